The minimum Gasteiger partial charge on any atom is -0.396 e. The molecule has 1 unspecified atom stereocenters. The third-order valence-electron chi connectivity index (χ3n) is 3.86. The van der Waals surface area contributed by atoms with Crippen LogP contribution < -0.4 is 5.32 Å². The third-order valence-corrected chi connectivity index (χ3v) is 3.86. The maximum Gasteiger partial charge on any atom is 0.256 e. The Morgan fingerprint density at radius 1 is 1.28 bits per heavy atom. The SMILES string of the molecule is CC(CCO)NC(=O)c1cnn(-c2ccccc2F)c1-n1cccc1. The largest absolute Gasteiger partial charge is 0.396 e. The molecule has 3 rings (SSSR count). The van der Waals surface area contributed by atoms with Crippen LogP contribution in [0.4, 0.5) is 4.39 Å². The summed E-state index contributed by atoms with van der Waals surface area (Å²) in [6.45, 7) is 1.80. The average Bonchev–Trinajstić information content (AvgIpc) is 3.24. The quantitative estimate of drug-likeness (QED) is 0.722. The zero-order chi connectivity index (χ0) is 17.8. The molecule has 6 nitrogen and oxygen atoms in total. The van der Waals surface area contributed by atoms with Gasteiger partial charge >= 0.3 is 0 Å². The van der Waals surface area contributed by atoms with Gasteiger partial charge < -0.3 is 15.0 Å². The lowest BCUT2D eigenvalue weighted by atomic mass is 10.2. The maximum atomic E-state index is 14.2. The van der Waals surface area contributed by atoms with Gasteiger partial charge in [0, 0.05) is 25.0 Å². The van der Waals surface area contributed by atoms with E-state index in [4.69, 9.17) is 5.11 Å². The molecule has 0 spiro atoms. The number of aliphatic hydroxyl groups is 1. The fourth-order valence-corrected chi connectivity index (χ4v) is 2.59. The van der Waals surface area contributed by atoms with Gasteiger partial charge in [0.25, 0.3) is 5.91 Å². The Balaban J connectivity index is 2.06. The first-order chi connectivity index (χ1) is 12.1. The van der Waals surface area contributed by atoms with Crippen LogP contribution in [0.15, 0.2) is 55.0 Å². The molecule has 2 N–H and O–H groups in total. The highest BCUT2D eigenvalue weighted by atomic mass is 19.1. The van der Waals surface area contributed by atoms with Crippen molar-refractivity contribution in [1.82, 2.24) is 19.7 Å². The smallest absolute Gasteiger partial charge is 0.256 e. The monoisotopic (exact) mass is 342 g/mol. The van der Waals surface area contributed by atoms with Crippen LogP contribution in [-0.4, -0.2) is 38.0 Å². The first-order valence-electron chi connectivity index (χ1n) is 8.00. The van der Waals surface area contributed by atoms with Gasteiger partial charge in [-0.2, -0.15) is 5.10 Å². The second-order valence-corrected chi connectivity index (χ2v) is 5.72. The predicted octanol–water partition coefficient (Wildman–Crippen LogP) is 2.30. The topological polar surface area (TPSA) is 72.1 Å². The standard InChI is InChI=1S/C18H19FN4O2/c1-13(8-11-24)21-17(25)14-12-20-23(16-7-3-2-6-15(16)19)18(14)22-9-4-5-10-22/h2-7,9-10,12-13,24H,8,11H2,1H3,(H,21,25). The molecule has 0 aliphatic rings. The number of benzene rings is 1. The predicted molar refractivity (Wildman–Crippen MR) is 91.5 cm³/mol. The number of para-hydroxylation sites is 1. The van der Waals surface area contributed by atoms with Gasteiger partial charge in [-0.15, -0.1) is 0 Å². The van der Waals surface area contributed by atoms with E-state index in [0.717, 1.165) is 0 Å². The van der Waals surface area contributed by atoms with Crippen molar-refractivity contribution in [3.05, 3.63) is 66.4 Å². The van der Waals surface area contributed by atoms with Crippen LogP contribution in [0.2, 0.25) is 0 Å². The number of nitrogens with zero attached hydrogens (tertiary/aromatic N) is 3. The highest BCUT2D eigenvalue weighted by molar-refractivity contribution is 5.97. The lowest BCUT2D eigenvalue weighted by molar-refractivity contribution is 0.0934. The number of halogens is 1. The van der Waals surface area contributed by atoms with E-state index in [2.05, 4.69) is 10.4 Å². The van der Waals surface area contributed by atoms with Crippen LogP contribution in [0.1, 0.15) is 23.7 Å². The molecule has 0 aliphatic heterocycles. The Labute approximate surface area is 144 Å². The summed E-state index contributed by atoms with van der Waals surface area (Å²) in [4.78, 5) is 12.6. The average molecular weight is 342 g/mol. The zero-order valence-electron chi connectivity index (χ0n) is 13.8. The van der Waals surface area contributed by atoms with E-state index in [1.807, 2.05) is 19.1 Å². The molecule has 3 aromatic rings. The Morgan fingerprint density at radius 3 is 2.68 bits per heavy atom. The number of amides is 1. The van der Waals surface area contributed by atoms with Gasteiger partial charge in [0.15, 0.2) is 5.82 Å². The zero-order valence-corrected chi connectivity index (χ0v) is 13.8. The summed E-state index contributed by atoms with van der Waals surface area (Å²) in [6, 6.07) is 9.70. The van der Waals surface area contributed by atoms with Gasteiger partial charge in [-0.1, -0.05) is 12.1 Å². The van der Waals surface area contributed by atoms with Crippen molar-refractivity contribution < 1.29 is 14.3 Å². The summed E-state index contributed by atoms with van der Waals surface area (Å²) in [5.41, 5.74) is 0.581. The Morgan fingerprint density at radius 2 is 2.00 bits per heavy atom. The van der Waals surface area contributed by atoms with Crippen LogP contribution in [0, 0.1) is 5.82 Å². The summed E-state index contributed by atoms with van der Waals surface area (Å²) < 4.78 is 17.3. The molecule has 0 fully saturated rings. The van der Waals surface area contributed by atoms with E-state index in [9.17, 15) is 9.18 Å². The number of carbonyl (C=O) groups is 1. The van der Waals surface area contributed by atoms with Crippen LogP contribution in [-0.2, 0) is 0 Å². The fourth-order valence-electron chi connectivity index (χ4n) is 2.59. The molecule has 2 heterocycles. The Bertz CT molecular complexity index is 858. The first kappa shape index (κ1) is 16.9. The van der Waals surface area contributed by atoms with Crippen molar-refractivity contribution in [2.45, 2.75) is 19.4 Å². The van der Waals surface area contributed by atoms with Gasteiger partial charge in [-0.3, -0.25) is 4.79 Å². The molecule has 25 heavy (non-hydrogen) atoms. The normalized spacial score (nSPS) is 12.1. The van der Waals surface area contributed by atoms with Crippen molar-refractivity contribution >= 4 is 5.91 Å². The van der Waals surface area contributed by atoms with Crippen LogP contribution in [0.5, 0.6) is 0 Å². The molecule has 0 saturated carbocycles. The fraction of sp³-hybridized carbons (Fsp3) is 0.222. The summed E-state index contributed by atoms with van der Waals surface area (Å²) in [6.07, 6.45) is 5.40. The molecule has 0 saturated heterocycles. The van der Waals surface area contributed by atoms with Gasteiger partial charge in [0.2, 0.25) is 0 Å². The second-order valence-electron chi connectivity index (χ2n) is 5.72. The molecule has 130 valence electrons. The van der Waals surface area contributed by atoms with Crippen LogP contribution in [0.25, 0.3) is 11.5 Å². The minimum atomic E-state index is -0.431. The molecular formula is C18H19FN4O2. The van der Waals surface area contributed by atoms with Gasteiger partial charge in [-0.25, -0.2) is 9.07 Å². The number of aromatic nitrogens is 3. The summed E-state index contributed by atoms with van der Waals surface area (Å²) in [7, 11) is 0. The number of hydrogen-bond acceptors (Lipinski definition) is 3. The van der Waals surface area contributed by atoms with Crippen molar-refractivity contribution in [3.63, 3.8) is 0 Å². The molecule has 2 aromatic heterocycles. The third kappa shape index (κ3) is 3.46. The van der Waals surface area contributed by atoms with Gasteiger partial charge in [0.05, 0.1) is 6.20 Å². The molecule has 0 aliphatic carbocycles. The van der Waals surface area contributed by atoms with E-state index >= 15 is 0 Å². The number of aliphatic hydroxyl groups excluding tert-OH is 1. The van der Waals surface area contributed by atoms with Crippen molar-refractivity contribution in [3.8, 4) is 11.5 Å². The van der Waals surface area contributed by atoms with Gasteiger partial charge in [-0.05, 0) is 37.6 Å². The van der Waals surface area contributed by atoms with E-state index in [1.165, 1.54) is 16.9 Å². The Hall–Kier alpha value is -2.93. The molecule has 1 atom stereocenters. The number of nitrogens with one attached hydrogen (secondary N) is 1. The number of hydrogen-bond donors (Lipinski definition) is 2. The van der Waals surface area contributed by atoms with E-state index < -0.39 is 5.82 Å². The van der Waals surface area contributed by atoms with E-state index in [0.29, 0.717) is 17.8 Å². The van der Waals surface area contributed by atoms with Crippen molar-refractivity contribution in [2.75, 3.05) is 6.61 Å². The summed E-state index contributed by atoms with van der Waals surface area (Å²) in [5.74, 6) is -0.310. The lowest BCUT2D eigenvalue weighted by Crippen LogP contribution is -2.33. The molecule has 7 heteroatoms. The van der Waals surface area contributed by atoms with Crippen molar-refractivity contribution in [2.24, 2.45) is 0 Å². The molecule has 1 amide bonds. The van der Waals surface area contributed by atoms with Gasteiger partial charge in [0.1, 0.15) is 17.1 Å². The van der Waals surface area contributed by atoms with Crippen LogP contribution in [0.3, 0.4) is 0 Å². The van der Waals surface area contributed by atoms with E-state index in [1.54, 1.807) is 35.2 Å². The first-order valence-corrected chi connectivity index (χ1v) is 8.00. The summed E-state index contributed by atoms with van der Waals surface area (Å²) >= 11 is 0. The Kier molecular flexibility index (Phi) is 4.95. The highest BCUT2D eigenvalue weighted by Gasteiger charge is 2.22. The highest BCUT2D eigenvalue weighted by Crippen LogP contribution is 2.21. The molecule has 0 bridgehead atoms. The minimum absolute atomic E-state index is 0.0135. The number of carbonyl (C=O) groups excluding carboxylic acids is 1. The van der Waals surface area contributed by atoms with E-state index in [-0.39, 0.29) is 24.2 Å². The molecule has 1 aromatic carbocycles. The molecule has 0 radical (unpaired) electrons. The molecular weight excluding hydrogens is 323 g/mol. The van der Waals surface area contributed by atoms with Crippen molar-refractivity contribution in [1.29, 1.82) is 0 Å². The lowest BCUT2D eigenvalue weighted by Gasteiger charge is -2.14. The van der Waals surface area contributed by atoms with Crippen LogP contribution >= 0.6 is 0 Å². The maximum absolute atomic E-state index is 14.2. The number of rotatable bonds is 6. The second kappa shape index (κ2) is 7.31. The summed E-state index contributed by atoms with van der Waals surface area (Å²) in [5, 5.41) is 16.0.